The Morgan fingerprint density at radius 3 is 3.05 bits per heavy atom. The first-order valence-electron chi connectivity index (χ1n) is 6.53. The van der Waals surface area contributed by atoms with Crippen LogP contribution in [0.1, 0.15) is 12.0 Å². The largest absolute Gasteiger partial charge is 0.472 e. The fourth-order valence-electron chi connectivity index (χ4n) is 2.36. The van der Waals surface area contributed by atoms with Crippen molar-refractivity contribution in [3.05, 3.63) is 48.4 Å². The van der Waals surface area contributed by atoms with Crippen LogP contribution in [0.15, 0.2) is 42.9 Å². The summed E-state index contributed by atoms with van der Waals surface area (Å²) in [7, 11) is 0. The van der Waals surface area contributed by atoms with E-state index in [1.54, 1.807) is 24.7 Å². The van der Waals surface area contributed by atoms with Gasteiger partial charge in [-0.15, -0.1) is 0 Å². The highest BCUT2D eigenvalue weighted by Gasteiger charge is 2.26. The highest BCUT2D eigenvalue weighted by atomic mass is 16.5. The van der Waals surface area contributed by atoms with Crippen LogP contribution < -0.4 is 9.64 Å². The van der Waals surface area contributed by atoms with E-state index in [0.29, 0.717) is 11.4 Å². The summed E-state index contributed by atoms with van der Waals surface area (Å²) in [5, 5.41) is 9.13. The maximum atomic E-state index is 9.13. The van der Waals surface area contributed by atoms with E-state index >= 15 is 0 Å². The summed E-state index contributed by atoms with van der Waals surface area (Å²) >= 11 is 0. The Bertz CT molecular complexity index is 623. The molecule has 1 fully saturated rings. The van der Waals surface area contributed by atoms with Crippen LogP contribution in [0.5, 0.6) is 5.88 Å². The molecule has 1 aliphatic heterocycles. The van der Waals surface area contributed by atoms with Gasteiger partial charge in [0, 0.05) is 31.4 Å². The molecule has 0 saturated carbocycles. The Labute approximate surface area is 117 Å². The van der Waals surface area contributed by atoms with Crippen molar-refractivity contribution in [3.8, 4) is 11.9 Å². The molecule has 1 atom stereocenters. The molecule has 2 aromatic heterocycles. The zero-order valence-electron chi connectivity index (χ0n) is 10.9. The van der Waals surface area contributed by atoms with E-state index in [2.05, 4.69) is 20.9 Å². The molecular formula is C15H14N4O. The molecule has 3 heterocycles. The molecule has 0 aromatic carbocycles. The van der Waals surface area contributed by atoms with Gasteiger partial charge in [0.25, 0.3) is 0 Å². The normalized spacial score (nSPS) is 17.8. The standard InChI is InChI=1S/C15H14N4O/c16-9-12-4-7-17-10-14(12)19-8-5-13(11-19)20-15-3-1-2-6-18-15/h1-4,6-7,10,13H,5,8,11H2. The topological polar surface area (TPSA) is 62.0 Å². The van der Waals surface area contributed by atoms with Gasteiger partial charge >= 0.3 is 0 Å². The molecule has 1 aliphatic rings. The Balaban J connectivity index is 1.69. The van der Waals surface area contributed by atoms with Crippen molar-refractivity contribution >= 4 is 5.69 Å². The highest BCUT2D eigenvalue weighted by Crippen LogP contribution is 2.24. The van der Waals surface area contributed by atoms with Crippen molar-refractivity contribution in [2.45, 2.75) is 12.5 Å². The molecule has 0 N–H and O–H groups in total. The number of hydrogen-bond donors (Lipinski definition) is 0. The summed E-state index contributed by atoms with van der Waals surface area (Å²) in [6.07, 6.45) is 6.10. The number of aromatic nitrogens is 2. The van der Waals surface area contributed by atoms with E-state index in [0.717, 1.165) is 25.2 Å². The molecule has 0 bridgehead atoms. The van der Waals surface area contributed by atoms with Crippen LogP contribution in [0.25, 0.3) is 0 Å². The number of nitrogens with zero attached hydrogens (tertiary/aromatic N) is 4. The third kappa shape index (κ3) is 2.54. The molecule has 3 rings (SSSR count). The lowest BCUT2D eigenvalue weighted by Gasteiger charge is -2.19. The first-order valence-corrected chi connectivity index (χ1v) is 6.53. The van der Waals surface area contributed by atoms with Crippen molar-refractivity contribution in [2.75, 3.05) is 18.0 Å². The molecule has 1 unspecified atom stereocenters. The van der Waals surface area contributed by atoms with Gasteiger partial charge in [0.05, 0.1) is 24.0 Å². The lowest BCUT2D eigenvalue weighted by Crippen LogP contribution is -2.25. The second-order valence-electron chi connectivity index (χ2n) is 4.65. The fraction of sp³-hybridized carbons (Fsp3) is 0.267. The van der Waals surface area contributed by atoms with E-state index < -0.39 is 0 Å². The maximum absolute atomic E-state index is 9.13. The Hall–Kier alpha value is -2.61. The van der Waals surface area contributed by atoms with Crippen LogP contribution in [0.4, 0.5) is 5.69 Å². The molecule has 1 saturated heterocycles. The number of ether oxygens (including phenoxy) is 1. The molecular weight excluding hydrogens is 252 g/mol. The van der Waals surface area contributed by atoms with Crippen LogP contribution in [0, 0.1) is 11.3 Å². The lowest BCUT2D eigenvalue weighted by molar-refractivity contribution is 0.216. The molecule has 0 spiro atoms. The highest BCUT2D eigenvalue weighted by molar-refractivity contribution is 5.58. The molecule has 0 aliphatic carbocycles. The van der Waals surface area contributed by atoms with Crippen molar-refractivity contribution in [3.63, 3.8) is 0 Å². The minimum atomic E-state index is 0.0941. The van der Waals surface area contributed by atoms with Crippen molar-refractivity contribution in [1.29, 1.82) is 5.26 Å². The molecule has 100 valence electrons. The number of pyridine rings is 2. The maximum Gasteiger partial charge on any atom is 0.213 e. The monoisotopic (exact) mass is 266 g/mol. The Morgan fingerprint density at radius 1 is 1.30 bits per heavy atom. The molecule has 5 nitrogen and oxygen atoms in total. The van der Waals surface area contributed by atoms with Crippen LogP contribution >= 0.6 is 0 Å². The zero-order chi connectivity index (χ0) is 13.8. The van der Waals surface area contributed by atoms with Crippen molar-refractivity contribution in [2.24, 2.45) is 0 Å². The second kappa shape index (κ2) is 5.57. The second-order valence-corrected chi connectivity index (χ2v) is 4.65. The molecule has 5 heteroatoms. The first-order chi connectivity index (χ1) is 9.86. The van der Waals surface area contributed by atoms with Gasteiger partial charge in [-0.25, -0.2) is 4.98 Å². The van der Waals surface area contributed by atoms with E-state index in [1.807, 2.05) is 18.2 Å². The predicted molar refractivity (Wildman–Crippen MR) is 74.4 cm³/mol. The lowest BCUT2D eigenvalue weighted by atomic mass is 10.2. The number of hydrogen-bond acceptors (Lipinski definition) is 5. The Kier molecular flexibility index (Phi) is 3.46. The quantitative estimate of drug-likeness (QED) is 0.850. The van der Waals surface area contributed by atoms with Gasteiger partial charge in [-0.05, 0) is 12.1 Å². The number of nitriles is 1. The number of rotatable bonds is 3. The fourth-order valence-corrected chi connectivity index (χ4v) is 2.36. The van der Waals surface area contributed by atoms with Crippen LogP contribution in [-0.2, 0) is 0 Å². The third-order valence-electron chi connectivity index (χ3n) is 3.33. The Morgan fingerprint density at radius 2 is 2.25 bits per heavy atom. The summed E-state index contributed by atoms with van der Waals surface area (Å²) in [6, 6.07) is 9.57. The van der Waals surface area contributed by atoms with Crippen LogP contribution in [-0.4, -0.2) is 29.2 Å². The van der Waals surface area contributed by atoms with Crippen molar-refractivity contribution < 1.29 is 4.74 Å². The minimum Gasteiger partial charge on any atom is -0.472 e. The van der Waals surface area contributed by atoms with Gasteiger partial charge in [-0.3, -0.25) is 4.98 Å². The first kappa shape index (κ1) is 12.4. The third-order valence-corrected chi connectivity index (χ3v) is 3.33. The summed E-state index contributed by atoms with van der Waals surface area (Å²) in [6.45, 7) is 1.61. The van der Waals surface area contributed by atoms with E-state index in [1.165, 1.54) is 0 Å². The minimum absolute atomic E-state index is 0.0941. The van der Waals surface area contributed by atoms with Gasteiger partial charge in [-0.1, -0.05) is 6.07 Å². The van der Waals surface area contributed by atoms with Gasteiger partial charge in [0.2, 0.25) is 5.88 Å². The summed E-state index contributed by atoms with van der Waals surface area (Å²) in [5.74, 6) is 0.644. The van der Waals surface area contributed by atoms with Crippen LogP contribution in [0.3, 0.4) is 0 Å². The van der Waals surface area contributed by atoms with E-state index in [9.17, 15) is 0 Å². The van der Waals surface area contributed by atoms with Gasteiger partial charge in [-0.2, -0.15) is 5.26 Å². The predicted octanol–water partition coefficient (Wildman–Crippen LogP) is 2.01. The van der Waals surface area contributed by atoms with E-state index in [4.69, 9.17) is 10.00 Å². The molecule has 0 radical (unpaired) electrons. The smallest absolute Gasteiger partial charge is 0.213 e. The summed E-state index contributed by atoms with van der Waals surface area (Å²) < 4.78 is 5.84. The average Bonchev–Trinajstić information content (AvgIpc) is 2.96. The average molecular weight is 266 g/mol. The van der Waals surface area contributed by atoms with Crippen molar-refractivity contribution in [1.82, 2.24) is 9.97 Å². The SMILES string of the molecule is N#Cc1ccncc1N1CCC(Oc2ccccn2)C1. The van der Waals surface area contributed by atoms with Crippen LogP contribution in [0.2, 0.25) is 0 Å². The molecule has 2 aromatic rings. The molecule has 0 amide bonds. The van der Waals surface area contributed by atoms with Gasteiger partial charge in [0.15, 0.2) is 0 Å². The summed E-state index contributed by atoms with van der Waals surface area (Å²) in [4.78, 5) is 10.4. The zero-order valence-corrected chi connectivity index (χ0v) is 10.9. The van der Waals surface area contributed by atoms with E-state index in [-0.39, 0.29) is 6.10 Å². The molecule has 20 heavy (non-hydrogen) atoms. The van der Waals surface area contributed by atoms with Gasteiger partial charge in [0.1, 0.15) is 12.2 Å². The van der Waals surface area contributed by atoms with Gasteiger partial charge < -0.3 is 9.64 Å². The summed E-state index contributed by atoms with van der Waals surface area (Å²) in [5.41, 5.74) is 1.53. The number of anilines is 1.